The van der Waals surface area contributed by atoms with Gasteiger partial charge in [-0.1, -0.05) is 188 Å². The van der Waals surface area contributed by atoms with E-state index >= 15 is 0 Å². The first-order valence-electron chi connectivity index (χ1n) is 16.6. The fourth-order valence-electron chi connectivity index (χ4n) is 7.54. The molecule has 9 aromatic rings. The third-order valence-corrected chi connectivity index (χ3v) is 9.69. The summed E-state index contributed by atoms with van der Waals surface area (Å²) in [6.07, 6.45) is 0. The van der Waals surface area contributed by atoms with Gasteiger partial charge in [-0.15, -0.1) is 0 Å². The van der Waals surface area contributed by atoms with Gasteiger partial charge in [0.25, 0.3) is 0 Å². The molecule has 0 aliphatic heterocycles. The Kier molecular flexibility index (Phi) is 6.91. The Morgan fingerprint density at radius 1 is 0.208 bits per heavy atom. The van der Waals surface area contributed by atoms with Gasteiger partial charge in [-0.2, -0.15) is 0 Å². The van der Waals surface area contributed by atoms with E-state index in [9.17, 15) is 0 Å². The van der Waals surface area contributed by atoms with Gasteiger partial charge in [0.15, 0.2) is 0 Å². The second-order valence-electron chi connectivity index (χ2n) is 12.4. The zero-order valence-electron chi connectivity index (χ0n) is 26.5. The predicted octanol–water partition coefficient (Wildman–Crippen LogP) is 13.5. The van der Waals surface area contributed by atoms with E-state index in [1.54, 1.807) is 0 Å². The molecule has 0 heteroatoms. The lowest BCUT2D eigenvalue weighted by atomic mass is 9.81. The van der Waals surface area contributed by atoms with Crippen molar-refractivity contribution in [1.29, 1.82) is 0 Å². The molecule has 0 aliphatic carbocycles. The number of hydrogen-bond acceptors (Lipinski definition) is 0. The number of benzene rings is 9. The van der Waals surface area contributed by atoms with Gasteiger partial charge in [-0.05, 0) is 94.0 Å². The summed E-state index contributed by atoms with van der Waals surface area (Å²) in [6, 6.07) is 70.8. The molecule has 0 saturated carbocycles. The minimum atomic E-state index is 1.21. The Morgan fingerprint density at radius 2 is 0.625 bits per heavy atom. The van der Waals surface area contributed by atoms with Gasteiger partial charge in [-0.3, -0.25) is 0 Å². The van der Waals surface area contributed by atoms with E-state index < -0.39 is 0 Å². The van der Waals surface area contributed by atoms with Crippen LogP contribution in [0.4, 0.5) is 0 Å². The molecule has 0 saturated heterocycles. The summed E-state index contributed by atoms with van der Waals surface area (Å²) < 4.78 is 0. The molecule has 224 valence electrons. The molecule has 48 heavy (non-hydrogen) atoms. The molecule has 9 rings (SSSR count). The molecule has 0 bridgehead atoms. The van der Waals surface area contributed by atoms with Gasteiger partial charge in [0.2, 0.25) is 0 Å². The minimum absolute atomic E-state index is 1.21. The third kappa shape index (κ3) is 4.70. The molecule has 0 unspecified atom stereocenters. The van der Waals surface area contributed by atoms with E-state index in [0.29, 0.717) is 0 Å². The lowest BCUT2D eigenvalue weighted by molar-refractivity contribution is 1.59. The van der Waals surface area contributed by atoms with Gasteiger partial charge in [0.1, 0.15) is 0 Å². The standard InChI is InChI=1S/C48H32/c1-3-16-33(17-4-1)38-23-9-10-24-41(38)47-42-25-11-13-27-44(42)48(45-28-14-12-26-43(45)47)46-32-36(30-31-40(46)34-18-5-2-6-19-34)39-29-15-21-35-20-7-8-22-37(35)39/h1-32H. The maximum absolute atomic E-state index is 2.43. The van der Waals surface area contributed by atoms with Crippen molar-refractivity contribution in [2.75, 3.05) is 0 Å². The molecule has 0 N–H and O–H groups in total. The summed E-state index contributed by atoms with van der Waals surface area (Å²) in [5.74, 6) is 0. The second-order valence-corrected chi connectivity index (χ2v) is 12.4. The third-order valence-electron chi connectivity index (χ3n) is 9.69. The SMILES string of the molecule is c1ccc(-c2ccccc2-c2c3ccccc3c(-c3cc(-c4cccc5ccccc45)ccc3-c3ccccc3)c3ccccc23)cc1. The van der Waals surface area contributed by atoms with Crippen molar-refractivity contribution in [1.82, 2.24) is 0 Å². The lowest BCUT2D eigenvalue weighted by Crippen LogP contribution is -1.94. The Balaban J connectivity index is 1.40. The van der Waals surface area contributed by atoms with E-state index in [-0.39, 0.29) is 0 Å². The summed E-state index contributed by atoms with van der Waals surface area (Å²) in [5, 5.41) is 7.53. The van der Waals surface area contributed by atoms with Crippen LogP contribution in [0.2, 0.25) is 0 Å². The molecule has 0 nitrogen and oxygen atoms in total. The van der Waals surface area contributed by atoms with Crippen LogP contribution in [0.3, 0.4) is 0 Å². The first kappa shape index (κ1) is 28.0. The molecule has 0 aromatic heterocycles. The van der Waals surface area contributed by atoms with Crippen LogP contribution >= 0.6 is 0 Å². The highest BCUT2D eigenvalue weighted by Gasteiger charge is 2.21. The van der Waals surface area contributed by atoms with Crippen molar-refractivity contribution < 1.29 is 0 Å². The zero-order chi connectivity index (χ0) is 31.9. The first-order valence-corrected chi connectivity index (χ1v) is 16.6. The number of rotatable bonds is 5. The summed E-state index contributed by atoms with van der Waals surface area (Å²) in [6.45, 7) is 0. The molecule has 0 spiro atoms. The van der Waals surface area contributed by atoms with E-state index in [0.717, 1.165) is 0 Å². The van der Waals surface area contributed by atoms with Crippen molar-refractivity contribution in [2.45, 2.75) is 0 Å². The van der Waals surface area contributed by atoms with Gasteiger partial charge in [0.05, 0.1) is 0 Å². The average Bonchev–Trinajstić information content (AvgIpc) is 3.17. The zero-order valence-corrected chi connectivity index (χ0v) is 26.5. The van der Waals surface area contributed by atoms with Crippen molar-refractivity contribution in [3.8, 4) is 55.6 Å². The van der Waals surface area contributed by atoms with Crippen LogP contribution in [0.15, 0.2) is 194 Å². The molecule has 0 heterocycles. The van der Waals surface area contributed by atoms with E-state index in [1.165, 1.54) is 88.0 Å². The second kappa shape index (κ2) is 11.8. The molecular weight excluding hydrogens is 577 g/mol. The van der Waals surface area contributed by atoms with Crippen LogP contribution in [0.5, 0.6) is 0 Å². The topological polar surface area (TPSA) is 0 Å². The van der Waals surface area contributed by atoms with Gasteiger partial charge in [-0.25, -0.2) is 0 Å². The van der Waals surface area contributed by atoms with Crippen molar-refractivity contribution in [3.63, 3.8) is 0 Å². The number of hydrogen-bond donors (Lipinski definition) is 0. The smallest absolute Gasteiger partial charge is 0.00199 e. The van der Waals surface area contributed by atoms with Crippen molar-refractivity contribution >= 4 is 32.3 Å². The number of fused-ring (bicyclic) bond motifs is 3. The van der Waals surface area contributed by atoms with Crippen LogP contribution in [-0.4, -0.2) is 0 Å². The van der Waals surface area contributed by atoms with Crippen LogP contribution in [0, 0.1) is 0 Å². The van der Waals surface area contributed by atoms with E-state index in [2.05, 4.69) is 194 Å². The molecule has 0 fully saturated rings. The van der Waals surface area contributed by atoms with Crippen LogP contribution in [0.25, 0.3) is 88.0 Å². The van der Waals surface area contributed by atoms with E-state index in [1.807, 2.05) is 0 Å². The highest BCUT2D eigenvalue weighted by molar-refractivity contribution is 6.23. The Morgan fingerprint density at radius 3 is 1.23 bits per heavy atom. The van der Waals surface area contributed by atoms with Crippen LogP contribution < -0.4 is 0 Å². The molecule has 0 amide bonds. The fraction of sp³-hybridized carbons (Fsp3) is 0. The van der Waals surface area contributed by atoms with Gasteiger partial charge < -0.3 is 0 Å². The average molecular weight is 609 g/mol. The molecular formula is C48H32. The van der Waals surface area contributed by atoms with Gasteiger partial charge >= 0.3 is 0 Å². The minimum Gasteiger partial charge on any atom is -0.0622 e. The quantitative estimate of drug-likeness (QED) is 0.171. The maximum Gasteiger partial charge on any atom is -0.00199 e. The van der Waals surface area contributed by atoms with Crippen molar-refractivity contribution in [3.05, 3.63) is 194 Å². The fourth-order valence-corrected chi connectivity index (χ4v) is 7.54. The van der Waals surface area contributed by atoms with Crippen LogP contribution in [0.1, 0.15) is 0 Å². The van der Waals surface area contributed by atoms with Crippen LogP contribution in [-0.2, 0) is 0 Å². The normalized spacial score (nSPS) is 11.3. The summed E-state index contributed by atoms with van der Waals surface area (Å²) in [7, 11) is 0. The van der Waals surface area contributed by atoms with Crippen molar-refractivity contribution in [2.24, 2.45) is 0 Å². The van der Waals surface area contributed by atoms with Gasteiger partial charge in [0, 0.05) is 0 Å². The Hall–Kier alpha value is -6.24. The summed E-state index contributed by atoms with van der Waals surface area (Å²) >= 11 is 0. The first-order chi connectivity index (χ1) is 23.8. The Bertz CT molecular complexity index is 2530. The molecule has 9 aromatic carbocycles. The summed E-state index contributed by atoms with van der Waals surface area (Å²) in [5.41, 5.74) is 12.4. The van der Waals surface area contributed by atoms with E-state index in [4.69, 9.17) is 0 Å². The molecule has 0 aliphatic rings. The highest BCUT2D eigenvalue weighted by atomic mass is 14.2. The lowest BCUT2D eigenvalue weighted by Gasteiger charge is -2.22. The largest absolute Gasteiger partial charge is 0.0622 e. The molecule has 0 atom stereocenters. The maximum atomic E-state index is 2.43. The summed E-state index contributed by atoms with van der Waals surface area (Å²) in [4.78, 5) is 0. The monoisotopic (exact) mass is 608 g/mol. The Labute approximate surface area is 281 Å². The highest BCUT2D eigenvalue weighted by Crippen LogP contribution is 2.48. The molecule has 0 radical (unpaired) electrons. The predicted molar refractivity (Wildman–Crippen MR) is 206 cm³/mol.